The molecule has 0 radical (unpaired) electrons. The molecule has 1 aliphatic rings. The average molecular weight is 392 g/mol. The van der Waals surface area contributed by atoms with Crippen LogP contribution in [0.2, 0.25) is 0 Å². The zero-order valence-corrected chi connectivity index (χ0v) is 17.6. The van der Waals surface area contributed by atoms with Crippen LogP contribution in [0.15, 0.2) is 36.9 Å². The van der Waals surface area contributed by atoms with Crippen LogP contribution in [0.3, 0.4) is 0 Å². The highest BCUT2D eigenvalue weighted by Gasteiger charge is 2.34. The molecule has 0 aliphatic heterocycles. The van der Waals surface area contributed by atoms with Crippen LogP contribution in [0, 0.1) is 18.8 Å². The lowest BCUT2D eigenvalue weighted by atomic mass is 9.73. The topological polar surface area (TPSA) is 72.2 Å². The summed E-state index contributed by atoms with van der Waals surface area (Å²) in [6.07, 6.45) is 9.96. The minimum atomic E-state index is -0.275. The van der Waals surface area contributed by atoms with E-state index in [-0.39, 0.29) is 11.4 Å². The van der Waals surface area contributed by atoms with Crippen molar-refractivity contribution in [3.63, 3.8) is 0 Å². The van der Waals surface area contributed by atoms with Crippen molar-refractivity contribution in [3.05, 3.63) is 48.3 Å². The van der Waals surface area contributed by atoms with Crippen molar-refractivity contribution in [2.24, 2.45) is 11.8 Å². The normalized spacial score (nSPS) is 20.0. The summed E-state index contributed by atoms with van der Waals surface area (Å²) in [6.45, 7) is 8.56. The third-order valence-corrected chi connectivity index (χ3v) is 6.34. The Bertz CT molecular complexity index is 1020. The molecule has 0 unspecified atom stereocenters. The van der Waals surface area contributed by atoms with Gasteiger partial charge in [0.05, 0.1) is 5.69 Å². The van der Waals surface area contributed by atoms with Gasteiger partial charge in [0.1, 0.15) is 6.33 Å². The van der Waals surface area contributed by atoms with Crippen LogP contribution in [0.4, 0.5) is 0 Å². The molecule has 152 valence electrons. The molecule has 0 aromatic carbocycles. The third-order valence-electron chi connectivity index (χ3n) is 6.34. The molecule has 0 bridgehead atoms. The number of hydrogen-bond acceptors (Lipinski definition) is 4. The fourth-order valence-electron chi connectivity index (χ4n) is 4.38. The Balaban J connectivity index is 1.63. The summed E-state index contributed by atoms with van der Waals surface area (Å²) in [5.74, 6) is 1.11. The molecule has 6 heteroatoms. The summed E-state index contributed by atoms with van der Waals surface area (Å²) in [4.78, 5) is 26.5. The first-order chi connectivity index (χ1) is 13.8. The summed E-state index contributed by atoms with van der Waals surface area (Å²) in [5.41, 5.74) is 3.36. The van der Waals surface area contributed by atoms with Gasteiger partial charge < -0.3 is 5.32 Å². The lowest BCUT2D eigenvalue weighted by molar-refractivity contribution is 0.0844. The van der Waals surface area contributed by atoms with Gasteiger partial charge in [-0.3, -0.25) is 14.2 Å². The zero-order chi connectivity index (χ0) is 20.6. The molecule has 1 saturated carbocycles. The summed E-state index contributed by atoms with van der Waals surface area (Å²) in [6, 6.07) is 5.84. The second-order valence-corrected chi connectivity index (χ2v) is 8.94. The Labute approximate surface area is 171 Å². The average Bonchev–Trinajstić information content (AvgIpc) is 3.13. The molecular weight excluding hydrogens is 362 g/mol. The Morgan fingerprint density at radius 1 is 1.24 bits per heavy atom. The summed E-state index contributed by atoms with van der Waals surface area (Å²) in [7, 11) is 0. The van der Waals surface area contributed by atoms with E-state index in [4.69, 9.17) is 4.98 Å². The number of nitrogens with one attached hydrogen (secondary N) is 1. The summed E-state index contributed by atoms with van der Waals surface area (Å²) >= 11 is 0. The number of rotatable bonds is 4. The number of nitrogens with zero attached hydrogens (tertiary/aromatic N) is 4. The maximum Gasteiger partial charge on any atom is 0.274 e. The molecule has 1 fully saturated rings. The monoisotopic (exact) mass is 391 g/mol. The molecule has 1 aliphatic carbocycles. The number of fused-ring (bicyclic) bond motifs is 1. The second-order valence-electron chi connectivity index (χ2n) is 8.94. The number of aryl methyl sites for hydroxylation is 1. The highest BCUT2D eigenvalue weighted by atomic mass is 16.2. The maximum atomic E-state index is 13.2. The van der Waals surface area contributed by atoms with Crippen LogP contribution in [-0.2, 0) is 0 Å². The SMILES string of the molecule is Cc1cc(-c2cccnc2)nc2c(C(=O)NC(C)(C)C3CCC(C)CC3)ncn12. The second kappa shape index (κ2) is 7.58. The Morgan fingerprint density at radius 2 is 2.00 bits per heavy atom. The standard InChI is InChI=1S/C23H29N5O/c1-15-7-9-18(10-8-15)23(3,4)27-22(29)20-21-26-19(17-6-5-11-24-13-17)12-16(2)28(21)14-25-20/h5-6,11-15,18H,7-10H2,1-4H3,(H,27,29). The van der Waals surface area contributed by atoms with Crippen molar-refractivity contribution in [1.82, 2.24) is 24.7 Å². The number of pyridine rings is 1. The van der Waals surface area contributed by atoms with E-state index < -0.39 is 0 Å². The van der Waals surface area contributed by atoms with Crippen LogP contribution in [0.25, 0.3) is 16.9 Å². The van der Waals surface area contributed by atoms with Gasteiger partial charge in [-0.25, -0.2) is 9.97 Å². The molecule has 4 rings (SSSR count). The smallest absolute Gasteiger partial charge is 0.274 e. The predicted molar refractivity (Wildman–Crippen MR) is 114 cm³/mol. The van der Waals surface area contributed by atoms with Crippen LogP contribution in [-0.4, -0.2) is 30.8 Å². The highest BCUT2D eigenvalue weighted by Crippen LogP contribution is 2.35. The number of hydrogen-bond donors (Lipinski definition) is 1. The Morgan fingerprint density at radius 3 is 2.69 bits per heavy atom. The lowest BCUT2D eigenvalue weighted by Gasteiger charge is -2.39. The van der Waals surface area contributed by atoms with Crippen LogP contribution in [0.5, 0.6) is 0 Å². The van der Waals surface area contributed by atoms with Gasteiger partial charge in [0.2, 0.25) is 0 Å². The van der Waals surface area contributed by atoms with E-state index in [0.717, 1.165) is 35.7 Å². The molecule has 0 atom stereocenters. The van der Waals surface area contributed by atoms with Crippen molar-refractivity contribution in [1.29, 1.82) is 0 Å². The van der Waals surface area contributed by atoms with Crippen LogP contribution in [0.1, 0.15) is 62.6 Å². The van der Waals surface area contributed by atoms with Gasteiger partial charge in [-0.15, -0.1) is 0 Å². The predicted octanol–water partition coefficient (Wildman–Crippen LogP) is 4.43. The largest absolute Gasteiger partial charge is 0.345 e. The first-order valence-corrected chi connectivity index (χ1v) is 10.4. The Kier molecular flexibility index (Phi) is 5.11. The van der Waals surface area contributed by atoms with Gasteiger partial charge in [0.25, 0.3) is 5.91 Å². The van der Waals surface area contributed by atoms with Crippen LogP contribution < -0.4 is 5.32 Å². The van der Waals surface area contributed by atoms with Crippen molar-refractivity contribution in [2.45, 2.75) is 58.9 Å². The molecule has 1 amide bonds. The minimum absolute atomic E-state index is 0.161. The molecule has 3 heterocycles. The van der Waals surface area contributed by atoms with E-state index in [1.54, 1.807) is 18.7 Å². The number of carbonyl (C=O) groups excluding carboxylic acids is 1. The van der Waals surface area contributed by atoms with Crippen molar-refractivity contribution in [2.75, 3.05) is 0 Å². The first kappa shape index (κ1) is 19.6. The molecule has 0 saturated heterocycles. The van der Waals surface area contributed by atoms with Gasteiger partial charge in [-0.05, 0) is 63.6 Å². The third kappa shape index (κ3) is 3.88. The van der Waals surface area contributed by atoms with E-state index in [2.05, 4.69) is 36.1 Å². The maximum absolute atomic E-state index is 13.2. The quantitative estimate of drug-likeness (QED) is 0.714. The molecule has 29 heavy (non-hydrogen) atoms. The van der Waals surface area contributed by atoms with E-state index in [1.807, 2.05) is 29.5 Å². The molecule has 3 aromatic heterocycles. The molecule has 0 spiro atoms. The van der Waals surface area contributed by atoms with Gasteiger partial charge >= 0.3 is 0 Å². The van der Waals surface area contributed by atoms with E-state index in [1.165, 1.54) is 12.8 Å². The first-order valence-electron chi connectivity index (χ1n) is 10.4. The Hall–Kier alpha value is -2.76. The van der Waals surface area contributed by atoms with E-state index in [9.17, 15) is 4.79 Å². The van der Waals surface area contributed by atoms with Gasteiger partial charge in [-0.1, -0.05) is 19.8 Å². The fourth-order valence-corrected chi connectivity index (χ4v) is 4.38. The van der Waals surface area contributed by atoms with Gasteiger partial charge in [0.15, 0.2) is 11.3 Å². The number of aromatic nitrogens is 4. The van der Waals surface area contributed by atoms with Crippen molar-refractivity contribution >= 4 is 11.6 Å². The fraction of sp³-hybridized carbons (Fsp3) is 0.478. The zero-order valence-electron chi connectivity index (χ0n) is 17.6. The summed E-state index contributed by atoms with van der Waals surface area (Å²) < 4.78 is 1.87. The number of amides is 1. The van der Waals surface area contributed by atoms with Crippen molar-refractivity contribution in [3.8, 4) is 11.3 Å². The minimum Gasteiger partial charge on any atom is -0.345 e. The van der Waals surface area contributed by atoms with E-state index in [0.29, 0.717) is 17.3 Å². The van der Waals surface area contributed by atoms with Crippen LogP contribution >= 0.6 is 0 Å². The summed E-state index contributed by atoms with van der Waals surface area (Å²) in [5, 5.41) is 3.25. The molecule has 1 N–H and O–H groups in total. The number of imidazole rings is 1. The van der Waals surface area contributed by atoms with Crippen molar-refractivity contribution < 1.29 is 4.79 Å². The van der Waals surface area contributed by atoms with Gasteiger partial charge in [-0.2, -0.15) is 0 Å². The lowest BCUT2D eigenvalue weighted by Crippen LogP contribution is -2.50. The molecule has 3 aromatic rings. The van der Waals surface area contributed by atoms with E-state index >= 15 is 0 Å². The number of carbonyl (C=O) groups is 1. The van der Waals surface area contributed by atoms with Gasteiger partial charge in [0, 0.05) is 29.2 Å². The molecule has 6 nitrogen and oxygen atoms in total. The highest BCUT2D eigenvalue weighted by molar-refractivity contribution is 5.98. The molecular formula is C23H29N5O.